The molecule has 0 aromatic rings. The Morgan fingerprint density at radius 3 is 2.54 bits per heavy atom. The highest BCUT2D eigenvalue weighted by Gasteiger charge is 2.15. The molecule has 3 nitrogen and oxygen atoms in total. The van der Waals surface area contributed by atoms with Crippen molar-refractivity contribution in [3.63, 3.8) is 0 Å². The fourth-order valence-corrected chi connectivity index (χ4v) is 1.03. The quantitative estimate of drug-likeness (QED) is 0.645. The smallest absolute Gasteiger partial charge is 0.253 e. The molecule has 1 N–H and O–H groups in total. The van der Waals surface area contributed by atoms with Crippen LogP contribution in [0.4, 0.5) is 0 Å². The zero-order valence-corrected chi connectivity index (χ0v) is 8.26. The van der Waals surface area contributed by atoms with E-state index in [-0.39, 0.29) is 5.91 Å². The molecule has 1 aliphatic rings. The molecule has 0 fully saturated rings. The summed E-state index contributed by atoms with van der Waals surface area (Å²) in [5, 5.41) is 2.69. The molecule has 1 amide bonds. The number of aliphatic imine (C=N–C) groups is 1. The van der Waals surface area contributed by atoms with Crippen molar-refractivity contribution in [1.82, 2.24) is 5.32 Å². The predicted octanol–water partition coefficient (Wildman–Crippen LogP) is 1.67. The molecule has 3 heteroatoms. The van der Waals surface area contributed by atoms with Crippen molar-refractivity contribution < 1.29 is 4.79 Å². The summed E-state index contributed by atoms with van der Waals surface area (Å²) in [6.45, 7) is 11.6. The first-order valence-electron chi connectivity index (χ1n) is 4.40. The number of nitrogens with zero attached hydrogens (tertiary/aromatic N) is 1. The van der Waals surface area contributed by atoms with Crippen LogP contribution in [0.1, 0.15) is 20.3 Å². The lowest BCUT2D eigenvalue weighted by molar-refractivity contribution is -0.117. The molecule has 0 spiro atoms. The maximum Gasteiger partial charge on any atom is 0.253 e. The van der Waals surface area contributed by atoms with Crippen molar-refractivity contribution >= 4 is 12.6 Å². The highest BCUT2D eigenvalue weighted by molar-refractivity contribution is 5.97. The molecule has 0 aromatic heterocycles. The normalized spacial score (nSPS) is 15.4. The molecule has 0 radical (unpaired) electrons. The summed E-state index contributed by atoms with van der Waals surface area (Å²) in [6.07, 6.45) is 2.26. The number of hydrogen-bond acceptors (Lipinski definition) is 2. The molecular weight excluding hydrogens is 164 g/mol. The molecule has 1 aliphatic heterocycles. The summed E-state index contributed by atoms with van der Waals surface area (Å²) >= 11 is 0. The molecule has 72 valence electrons. The van der Waals surface area contributed by atoms with E-state index in [1.165, 1.54) is 6.08 Å². The van der Waals surface area contributed by atoms with Crippen LogP contribution in [0.2, 0.25) is 0 Å². The molecule has 0 bridgehead atoms. The molecule has 0 unspecified atom stereocenters. The number of nitrogens with one attached hydrogen (secondary N) is 1. The topological polar surface area (TPSA) is 41.5 Å². The van der Waals surface area contributed by atoms with Crippen molar-refractivity contribution in [2.75, 3.05) is 6.54 Å². The fourth-order valence-electron chi connectivity index (χ4n) is 1.03. The first kappa shape index (κ1) is 11.6. The fraction of sp³-hybridized carbons (Fsp3) is 0.400. The van der Waals surface area contributed by atoms with Gasteiger partial charge in [-0.05, 0) is 6.72 Å². The first-order valence-corrected chi connectivity index (χ1v) is 4.40. The van der Waals surface area contributed by atoms with Crippen LogP contribution in [0.25, 0.3) is 0 Å². The lowest BCUT2D eigenvalue weighted by Crippen LogP contribution is -2.30. The third kappa shape index (κ3) is 2.86. The van der Waals surface area contributed by atoms with Gasteiger partial charge in [0.15, 0.2) is 0 Å². The van der Waals surface area contributed by atoms with E-state index in [1.807, 2.05) is 13.8 Å². The highest BCUT2D eigenvalue weighted by atomic mass is 16.1. The van der Waals surface area contributed by atoms with E-state index < -0.39 is 0 Å². The van der Waals surface area contributed by atoms with Gasteiger partial charge in [0.2, 0.25) is 0 Å². The Labute approximate surface area is 79.3 Å². The Hall–Kier alpha value is -1.38. The minimum absolute atomic E-state index is 0.103. The van der Waals surface area contributed by atoms with E-state index in [9.17, 15) is 4.79 Å². The minimum Gasteiger partial charge on any atom is -0.352 e. The van der Waals surface area contributed by atoms with Gasteiger partial charge in [-0.2, -0.15) is 0 Å². The molecule has 0 aliphatic carbocycles. The van der Waals surface area contributed by atoms with Crippen LogP contribution in [0.3, 0.4) is 0 Å². The largest absolute Gasteiger partial charge is 0.352 e. The number of rotatable bonds is 2. The van der Waals surface area contributed by atoms with Crippen LogP contribution in [-0.4, -0.2) is 19.2 Å². The van der Waals surface area contributed by atoms with Crippen LogP contribution < -0.4 is 5.32 Å². The Morgan fingerprint density at radius 2 is 2.15 bits per heavy atom. The average molecular weight is 180 g/mol. The van der Waals surface area contributed by atoms with Crippen molar-refractivity contribution in [3.05, 3.63) is 23.9 Å². The third-order valence-electron chi connectivity index (χ3n) is 1.60. The second kappa shape index (κ2) is 6.17. The Kier molecular flexibility index (Phi) is 5.52. The van der Waals surface area contributed by atoms with E-state index in [2.05, 4.69) is 23.6 Å². The summed E-state index contributed by atoms with van der Waals surface area (Å²) in [7, 11) is 0. The van der Waals surface area contributed by atoms with Crippen LogP contribution in [-0.2, 0) is 4.79 Å². The van der Waals surface area contributed by atoms with E-state index in [4.69, 9.17) is 0 Å². The lowest BCUT2D eigenvalue weighted by Gasteiger charge is -2.14. The molecule has 0 saturated carbocycles. The summed E-state index contributed by atoms with van der Waals surface area (Å²) in [6, 6.07) is 0. The highest BCUT2D eigenvalue weighted by Crippen LogP contribution is 2.14. The number of amides is 1. The lowest BCUT2D eigenvalue weighted by atomic mass is 10.1. The standard InChI is InChI=1S/C8H10N2O.C2H6/c1-3-6-7(9-2)4-5-10-8(6)11;1-2/h3H,1-2,4-5H2,(H,10,11);1-2H3. The summed E-state index contributed by atoms with van der Waals surface area (Å²) in [4.78, 5) is 14.8. The van der Waals surface area contributed by atoms with Gasteiger partial charge in [-0.15, -0.1) is 0 Å². The van der Waals surface area contributed by atoms with Crippen LogP contribution >= 0.6 is 0 Å². The average Bonchev–Trinajstić information content (AvgIpc) is 2.20. The van der Waals surface area contributed by atoms with Gasteiger partial charge in [-0.3, -0.25) is 9.79 Å². The summed E-state index contributed by atoms with van der Waals surface area (Å²) < 4.78 is 0. The minimum atomic E-state index is -0.103. The Bertz CT molecular complexity index is 241. The second-order valence-electron chi connectivity index (χ2n) is 2.23. The van der Waals surface area contributed by atoms with E-state index in [1.54, 1.807) is 0 Å². The van der Waals surface area contributed by atoms with Gasteiger partial charge in [-0.1, -0.05) is 26.5 Å². The Balaban J connectivity index is 0.000000671. The SMILES string of the molecule is C=CC1=C(N=C)CCNC1=O.CC. The molecule has 0 aromatic carbocycles. The summed E-state index contributed by atoms with van der Waals surface area (Å²) in [5.41, 5.74) is 1.29. The zero-order valence-electron chi connectivity index (χ0n) is 8.26. The van der Waals surface area contributed by atoms with Crippen LogP contribution in [0.15, 0.2) is 28.9 Å². The van der Waals surface area contributed by atoms with Crippen molar-refractivity contribution in [3.8, 4) is 0 Å². The summed E-state index contributed by atoms with van der Waals surface area (Å²) in [5.74, 6) is -0.103. The van der Waals surface area contributed by atoms with Gasteiger partial charge in [-0.25, -0.2) is 0 Å². The second-order valence-corrected chi connectivity index (χ2v) is 2.23. The number of hydrogen-bond donors (Lipinski definition) is 1. The molecular formula is C10H16N2O. The monoisotopic (exact) mass is 180 g/mol. The third-order valence-corrected chi connectivity index (χ3v) is 1.60. The van der Waals surface area contributed by atoms with Gasteiger partial charge in [0, 0.05) is 13.0 Å². The predicted molar refractivity (Wildman–Crippen MR) is 55.7 cm³/mol. The maximum absolute atomic E-state index is 11.1. The van der Waals surface area contributed by atoms with E-state index >= 15 is 0 Å². The molecule has 1 heterocycles. The Morgan fingerprint density at radius 1 is 1.54 bits per heavy atom. The van der Waals surface area contributed by atoms with Crippen molar-refractivity contribution in [1.29, 1.82) is 0 Å². The molecule has 0 saturated heterocycles. The molecule has 1 rings (SSSR count). The van der Waals surface area contributed by atoms with Crippen LogP contribution in [0.5, 0.6) is 0 Å². The van der Waals surface area contributed by atoms with Crippen LogP contribution in [0, 0.1) is 0 Å². The van der Waals surface area contributed by atoms with Crippen molar-refractivity contribution in [2.24, 2.45) is 4.99 Å². The van der Waals surface area contributed by atoms with Gasteiger partial charge < -0.3 is 5.32 Å². The van der Waals surface area contributed by atoms with E-state index in [0.29, 0.717) is 12.1 Å². The molecule has 0 atom stereocenters. The van der Waals surface area contributed by atoms with Gasteiger partial charge in [0.1, 0.15) is 0 Å². The number of carbonyl (C=O) groups excluding carboxylic acids is 1. The van der Waals surface area contributed by atoms with Gasteiger partial charge in [0.25, 0.3) is 5.91 Å². The van der Waals surface area contributed by atoms with Gasteiger partial charge in [0.05, 0.1) is 11.3 Å². The van der Waals surface area contributed by atoms with Gasteiger partial charge >= 0.3 is 0 Å². The number of carbonyl (C=O) groups is 1. The maximum atomic E-state index is 11.1. The van der Waals surface area contributed by atoms with Crippen molar-refractivity contribution in [2.45, 2.75) is 20.3 Å². The first-order chi connectivity index (χ1) is 6.29. The molecule has 13 heavy (non-hydrogen) atoms. The zero-order chi connectivity index (χ0) is 10.3. The van der Waals surface area contributed by atoms with E-state index in [0.717, 1.165) is 12.1 Å².